The highest BCUT2D eigenvalue weighted by Gasteiger charge is 2.48. The zero-order valence-electron chi connectivity index (χ0n) is 14.1. The van der Waals surface area contributed by atoms with Gasteiger partial charge in [0.2, 0.25) is 11.8 Å². The standard InChI is InChI=1S/C18H18Cl2F2N2OS/c1-17(4-5-18(21,22)10-17)9-12(11-2-3-13(19)14(20)8-11)15(25)24-16-23-6-7-26-16/h2-3,6-8,12H,4-5,9-10H2,1H3,(H,23,24,25). The fourth-order valence-corrected chi connectivity index (χ4v) is 4.36. The second-order valence-corrected chi connectivity index (χ2v) is 8.81. The molecule has 1 saturated carbocycles. The first kappa shape index (κ1) is 19.5. The molecule has 1 aromatic carbocycles. The van der Waals surface area contributed by atoms with E-state index in [1.165, 1.54) is 11.3 Å². The molecular formula is C18H18Cl2F2N2OS. The van der Waals surface area contributed by atoms with Gasteiger partial charge in [-0.25, -0.2) is 13.8 Å². The Hall–Kier alpha value is -1.24. The molecule has 2 atom stereocenters. The van der Waals surface area contributed by atoms with Gasteiger partial charge >= 0.3 is 0 Å². The van der Waals surface area contributed by atoms with Crippen molar-refractivity contribution < 1.29 is 13.6 Å². The van der Waals surface area contributed by atoms with Crippen molar-refractivity contribution in [3.05, 3.63) is 45.4 Å². The van der Waals surface area contributed by atoms with Crippen LogP contribution in [0.4, 0.5) is 13.9 Å². The number of carbonyl (C=O) groups excluding carboxylic acids is 1. The fraction of sp³-hybridized carbons (Fsp3) is 0.444. The molecule has 26 heavy (non-hydrogen) atoms. The van der Waals surface area contributed by atoms with Crippen LogP contribution in [0.2, 0.25) is 10.0 Å². The lowest BCUT2D eigenvalue weighted by molar-refractivity contribution is -0.118. The monoisotopic (exact) mass is 418 g/mol. The van der Waals surface area contributed by atoms with Gasteiger partial charge in [0, 0.05) is 24.4 Å². The SMILES string of the molecule is CC1(CC(C(=O)Nc2nccs2)c2ccc(Cl)c(Cl)c2)CCC(F)(F)C1. The lowest BCUT2D eigenvalue weighted by atomic mass is 9.76. The summed E-state index contributed by atoms with van der Waals surface area (Å²) in [5.74, 6) is -3.58. The molecule has 3 rings (SSSR count). The van der Waals surface area contributed by atoms with Gasteiger partial charge in [0.25, 0.3) is 0 Å². The van der Waals surface area contributed by atoms with Crippen LogP contribution in [0.1, 0.15) is 44.1 Å². The molecule has 0 bridgehead atoms. The number of hydrogen-bond acceptors (Lipinski definition) is 3. The average molecular weight is 419 g/mol. The Bertz CT molecular complexity index is 800. The highest BCUT2D eigenvalue weighted by molar-refractivity contribution is 7.13. The molecule has 0 spiro atoms. The number of anilines is 1. The second-order valence-electron chi connectivity index (χ2n) is 7.10. The van der Waals surface area contributed by atoms with Crippen LogP contribution >= 0.6 is 34.5 Å². The van der Waals surface area contributed by atoms with Crippen molar-refractivity contribution in [3.63, 3.8) is 0 Å². The Kier molecular flexibility index (Phi) is 5.56. The summed E-state index contributed by atoms with van der Waals surface area (Å²) >= 11 is 13.4. The largest absolute Gasteiger partial charge is 0.301 e. The minimum Gasteiger partial charge on any atom is -0.301 e. The van der Waals surface area contributed by atoms with Crippen LogP contribution < -0.4 is 5.32 Å². The molecule has 1 fully saturated rings. The quantitative estimate of drug-likeness (QED) is 0.610. The Morgan fingerprint density at radius 3 is 2.69 bits per heavy atom. The van der Waals surface area contributed by atoms with Crippen LogP contribution in [0.5, 0.6) is 0 Å². The maximum atomic E-state index is 13.8. The molecule has 0 radical (unpaired) electrons. The minimum absolute atomic E-state index is 0.147. The normalized spacial score (nSPS) is 23.0. The van der Waals surface area contributed by atoms with E-state index in [4.69, 9.17) is 23.2 Å². The van der Waals surface area contributed by atoms with Crippen molar-refractivity contribution in [2.45, 2.75) is 44.4 Å². The van der Waals surface area contributed by atoms with Gasteiger partial charge in [-0.05, 0) is 36.0 Å². The van der Waals surface area contributed by atoms with E-state index >= 15 is 0 Å². The van der Waals surface area contributed by atoms with Gasteiger partial charge in [-0.15, -0.1) is 11.3 Å². The van der Waals surface area contributed by atoms with Crippen molar-refractivity contribution in [1.29, 1.82) is 0 Å². The van der Waals surface area contributed by atoms with E-state index < -0.39 is 17.3 Å². The number of alkyl halides is 2. The molecule has 0 saturated heterocycles. The van der Waals surface area contributed by atoms with Gasteiger partial charge in [0.05, 0.1) is 16.0 Å². The first-order valence-corrected chi connectivity index (χ1v) is 9.84. The number of halogens is 4. The molecule has 3 nitrogen and oxygen atoms in total. The third-order valence-corrected chi connectivity index (χ3v) is 6.23. The summed E-state index contributed by atoms with van der Waals surface area (Å²) in [6.07, 6.45) is 1.90. The van der Waals surface area contributed by atoms with Crippen LogP contribution in [0.3, 0.4) is 0 Å². The fourth-order valence-electron chi connectivity index (χ4n) is 3.52. The number of nitrogens with zero attached hydrogens (tertiary/aromatic N) is 1. The van der Waals surface area contributed by atoms with Gasteiger partial charge in [-0.1, -0.05) is 36.2 Å². The molecule has 140 valence electrons. The highest BCUT2D eigenvalue weighted by atomic mass is 35.5. The van der Waals surface area contributed by atoms with E-state index in [1.54, 1.807) is 29.8 Å². The minimum atomic E-state index is -2.68. The van der Waals surface area contributed by atoms with Crippen molar-refractivity contribution in [2.24, 2.45) is 5.41 Å². The predicted molar refractivity (Wildman–Crippen MR) is 101 cm³/mol. The van der Waals surface area contributed by atoms with E-state index in [-0.39, 0.29) is 18.7 Å². The molecule has 8 heteroatoms. The Balaban J connectivity index is 1.88. The zero-order chi connectivity index (χ0) is 18.9. The number of amides is 1. The van der Waals surface area contributed by atoms with Crippen molar-refractivity contribution in [1.82, 2.24) is 4.98 Å². The molecule has 1 heterocycles. The van der Waals surface area contributed by atoms with Crippen LogP contribution in [0.25, 0.3) is 0 Å². The summed E-state index contributed by atoms with van der Waals surface area (Å²) in [6, 6.07) is 4.97. The number of carbonyl (C=O) groups is 1. The summed E-state index contributed by atoms with van der Waals surface area (Å²) in [5, 5.41) is 5.71. The first-order valence-electron chi connectivity index (χ1n) is 8.21. The molecular weight excluding hydrogens is 401 g/mol. The first-order chi connectivity index (χ1) is 12.2. The number of aromatic nitrogens is 1. The lowest BCUT2D eigenvalue weighted by Crippen LogP contribution is -2.27. The summed E-state index contributed by atoms with van der Waals surface area (Å²) in [6.45, 7) is 1.81. The van der Waals surface area contributed by atoms with E-state index in [1.807, 2.05) is 6.92 Å². The average Bonchev–Trinajstić information content (AvgIpc) is 3.15. The second kappa shape index (κ2) is 7.41. The number of rotatable bonds is 5. The van der Waals surface area contributed by atoms with Crippen molar-refractivity contribution >= 4 is 45.6 Å². The maximum Gasteiger partial charge on any atom is 0.248 e. The van der Waals surface area contributed by atoms with Crippen molar-refractivity contribution in [3.8, 4) is 0 Å². The van der Waals surface area contributed by atoms with Gasteiger partial charge in [0.1, 0.15) is 0 Å². The molecule has 0 aliphatic heterocycles. The van der Waals surface area contributed by atoms with Gasteiger partial charge in [0.15, 0.2) is 5.13 Å². The van der Waals surface area contributed by atoms with Crippen LogP contribution in [0, 0.1) is 5.41 Å². The van der Waals surface area contributed by atoms with E-state index in [0.29, 0.717) is 33.6 Å². The van der Waals surface area contributed by atoms with E-state index in [0.717, 1.165) is 0 Å². The summed E-state index contributed by atoms with van der Waals surface area (Å²) < 4.78 is 27.5. The third-order valence-electron chi connectivity index (χ3n) is 4.80. The maximum absolute atomic E-state index is 13.8. The van der Waals surface area contributed by atoms with E-state index in [2.05, 4.69) is 10.3 Å². The molecule has 2 aromatic rings. The molecule has 1 aromatic heterocycles. The summed E-state index contributed by atoms with van der Waals surface area (Å²) in [5.41, 5.74) is 0.0328. The molecule has 1 aliphatic rings. The highest BCUT2D eigenvalue weighted by Crippen LogP contribution is 2.51. The number of nitrogens with one attached hydrogen (secondary N) is 1. The van der Waals surface area contributed by atoms with E-state index in [9.17, 15) is 13.6 Å². The van der Waals surface area contributed by atoms with Crippen LogP contribution in [-0.2, 0) is 4.79 Å². The smallest absolute Gasteiger partial charge is 0.248 e. The summed E-state index contributed by atoms with van der Waals surface area (Å²) in [4.78, 5) is 16.9. The Morgan fingerprint density at radius 1 is 1.35 bits per heavy atom. The van der Waals surface area contributed by atoms with Crippen LogP contribution in [0.15, 0.2) is 29.8 Å². The van der Waals surface area contributed by atoms with Gasteiger partial charge in [-0.2, -0.15) is 0 Å². The van der Waals surface area contributed by atoms with Crippen molar-refractivity contribution in [2.75, 3.05) is 5.32 Å². The Labute approximate surface area is 164 Å². The van der Waals surface area contributed by atoms with Crippen LogP contribution in [-0.4, -0.2) is 16.8 Å². The predicted octanol–water partition coefficient (Wildman–Crippen LogP) is 6.39. The van der Waals surface area contributed by atoms with Gasteiger partial charge < -0.3 is 5.32 Å². The molecule has 1 aliphatic carbocycles. The zero-order valence-corrected chi connectivity index (χ0v) is 16.4. The molecule has 1 amide bonds. The third kappa shape index (κ3) is 4.53. The number of hydrogen-bond donors (Lipinski definition) is 1. The number of thiazole rings is 1. The topological polar surface area (TPSA) is 42.0 Å². The Morgan fingerprint density at radius 2 is 2.12 bits per heavy atom. The number of benzene rings is 1. The van der Waals surface area contributed by atoms with Gasteiger partial charge in [-0.3, -0.25) is 4.79 Å². The molecule has 1 N–H and O–H groups in total. The summed E-state index contributed by atoms with van der Waals surface area (Å²) in [7, 11) is 0. The lowest BCUT2D eigenvalue weighted by Gasteiger charge is -2.29. The molecule has 2 unspecified atom stereocenters.